The zero-order chi connectivity index (χ0) is 12.8. The van der Waals surface area contributed by atoms with E-state index in [1.807, 2.05) is 18.2 Å². The summed E-state index contributed by atoms with van der Waals surface area (Å²) in [6.07, 6.45) is 2.03. The molecule has 5 heteroatoms. The van der Waals surface area contributed by atoms with Crippen molar-refractivity contribution in [3.05, 3.63) is 47.6 Å². The van der Waals surface area contributed by atoms with Gasteiger partial charge in [0.25, 0.3) is 0 Å². The van der Waals surface area contributed by atoms with E-state index in [4.69, 9.17) is 15.4 Å². The quantitative estimate of drug-likeness (QED) is 0.802. The van der Waals surface area contributed by atoms with Gasteiger partial charge in [-0.05, 0) is 18.4 Å². The number of aromatic nitrogens is 2. The lowest BCUT2D eigenvalue weighted by molar-refractivity contribution is 0.292. The van der Waals surface area contributed by atoms with Gasteiger partial charge in [-0.25, -0.2) is 0 Å². The van der Waals surface area contributed by atoms with E-state index in [9.17, 15) is 0 Å². The molecule has 0 saturated heterocycles. The van der Waals surface area contributed by atoms with Gasteiger partial charge in [0.1, 0.15) is 0 Å². The maximum absolute atomic E-state index is 8.77. The van der Waals surface area contributed by atoms with Crippen LogP contribution in [0.15, 0.2) is 34.9 Å². The molecule has 0 bridgehead atoms. The Hall–Kier alpha value is -1.72. The maximum atomic E-state index is 8.77. The molecule has 0 aliphatic carbocycles. The van der Waals surface area contributed by atoms with Crippen molar-refractivity contribution in [1.82, 2.24) is 10.1 Å². The molecule has 3 N–H and O–H groups in total. The molecule has 2 rings (SSSR count). The molecule has 1 atom stereocenters. The van der Waals surface area contributed by atoms with Gasteiger partial charge < -0.3 is 15.4 Å². The topological polar surface area (TPSA) is 85.2 Å². The Morgan fingerprint density at radius 2 is 2.00 bits per heavy atom. The van der Waals surface area contributed by atoms with Crippen LogP contribution in [0.4, 0.5) is 0 Å². The minimum Gasteiger partial charge on any atom is -0.396 e. The van der Waals surface area contributed by atoms with Gasteiger partial charge in [-0.1, -0.05) is 35.5 Å². The van der Waals surface area contributed by atoms with Gasteiger partial charge in [-0.3, -0.25) is 0 Å². The number of benzene rings is 1. The second-order valence-corrected chi connectivity index (χ2v) is 4.15. The maximum Gasteiger partial charge on any atom is 0.243 e. The summed E-state index contributed by atoms with van der Waals surface area (Å²) in [6, 6.07) is 9.88. The van der Waals surface area contributed by atoms with E-state index < -0.39 is 0 Å². The van der Waals surface area contributed by atoms with E-state index >= 15 is 0 Å². The number of nitrogens with two attached hydrogens (primary N) is 1. The van der Waals surface area contributed by atoms with Crippen LogP contribution in [0.3, 0.4) is 0 Å². The highest BCUT2D eigenvalue weighted by Crippen LogP contribution is 2.15. The summed E-state index contributed by atoms with van der Waals surface area (Å²) in [5.41, 5.74) is 7.23. The minimum absolute atomic E-state index is 0.0121. The van der Waals surface area contributed by atoms with Crippen molar-refractivity contribution >= 4 is 0 Å². The minimum atomic E-state index is -0.259. The number of aliphatic hydroxyl groups excluding tert-OH is 1. The van der Waals surface area contributed by atoms with Crippen molar-refractivity contribution in [3.63, 3.8) is 0 Å². The first-order chi connectivity index (χ1) is 8.79. The summed E-state index contributed by atoms with van der Waals surface area (Å²) in [7, 11) is 0. The third-order valence-corrected chi connectivity index (χ3v) is 2.72. The van der Waals surface area contributed by atoms with Gasteiger partial charge in [-0.15, -0.1) is 0 Å². The fourth-order valence-electron chi connectivity index (χ4n) is 1.71. The fraction of sp³-hybridized carbons (Fsp3) is 0.385. The van der Waals surface area contributed by atoms with E-state index in [0.717, 1.165) is 12.8 Å². The van der Waals surface area contributed by atoms with Gasteiger partial charge in [0.15, 0.2) is 5.82 Å². The lowest BCUT2D eigenvalue weighted by Gasteiger charge is -2.06. The molecule has 0 radical (unpaired) electrons. The summed E-state index contributed by atoms with van der Waals surface area (Å²) in [4.78, 5) is 4.15. The Morgan fingerprint density at radius 1 is 1.22 bits per heavy atom. The zero-order valence-electron chi connectivity index (χ0n) is 10.1. The summed E-state index contributed by atoms with van der Waals surface area (Å²) in [6.45, 7) is 0.0121. The Kier molecular flexibility index (Phi) is 4.44. The van der Waals surface area contributed by atoms with Gasteiger partial charge in [0.2, 0.25) is 5.89 Å². The summed E-state index contributed by atoms with van der Waals surface area (Å²) in [5, 5.41) is 12.5. The van der Waals surface area contributed by atoms with Crippen molar-refractivity contribution in [2.24, 2.45) is 5.73 Å². The molecule has 0 aliphatic heterocycles. The van der Waals surface area contributed by atoms with Crippen molar-refractivity contribution in [3.8, 4) is 0 Å². The average molecular weight is 247 g/mol. The van der Waals surface area contributed by atoms with Crippen LogP contribution >= 0.6 is 0 Å². The normalized spacial score (nSPS) is 12.6. The fourth-order valence-corrected chi connectivity index (χ4v) is 1.71. The highest BCUT2D eigenvalue weighted by atomic mass is 16.5. The molecule has 0 fully saturated rings. The summed E-state index contributed by atoms with van der Waals surface area (Å²) in [5.74, 6) is 0.942. The molecular weight excluding hydrogens is 230 g/mol. The molecule has 0 spiro atoms. The van der Waals surface area contributed by atoms with Crippen LogP contribution in [0, 0.1) is 0 Å². The number of rotatable bonds is 6. The zero-order valence-corrected chi connectivity index (χ0v) is 10.1. The first kappa shape index (κ1) is 12.7. The van der Waals surface area contributed by atoms with E-state index in [1.54, 1.807) is 0 Å². The molecule has 18 heavy (non-hydrogen) atoms. The van der Waals surface area contributed by atoms with Crippen molar-refractivity contribution in [2.45, 2.75) is 25.3 Å². The third kappa shape index (κ3) is 3.38. The molecule has 5 nitrogen and oxygen atoms in total. The Morgan fingerprint density at radius 3 is 2.72 bits per heavy atom. The van der Waals surface area contributed by atoms with E-state index in [2.05, 4.69) is 22.3 Å². The smallest absolute Gasteiger partial charge is 0.243 e. The number of aryl methyl sites for hydroxylation is 1. The highest BCUT2D eigenvalue weighted by Gasteiger charge is 2.14. The second kappa shape index (κ2) is 6.28. The summed E-state index contributed by atoms with van der Waals surface area (Å²) < 4.78 is 5.07. The molecule has 0 saturated carbocycles. The van der Waals surface area contributed by atoms with Gasteiger partial charge in [0.05, 0.1) is 12.6 Å². The monoisotopic (exact) mass is 247 g/mol. The number of hydrogen-bond donors (Lipinski definition) is 2. The van der Waals surface area contributed by atoms with Gasteiger partial charge >= 0.3 is 0 Å². The predicted octanol–water partition coefficient (Wildman–Crippen LogP) is 1.24. The molecule has 1 aromatic carbocycles. The van der Waals surface area contributed by atoms with Crippen molar-refractivity contribution < 1.29 is 9.63 Å². The van der Waals surface area contributed by atoms with Gasteiger partial charge in [0, 0.05) is 6.42 Å². The Bertz CT molecular complexity index is 470. The number of hydrogen-bond acceptors (Lipinski definition) is 5. The van der Waals surface area contributed by atoms with Crippen molar-refractivity contribution in [2.75, 3.05) is 6.61 Å². The Labute approximate surface area is 106 Å². The largest absolute Gasteiger partial charge is 0.396 e. The Balaban J connectivity index is 1.89. The lowest BCUT2D eigenvalue weighted by Crippen LogP contribution is -2.12. The molecule has 1 aromatic heterocycles. The average Bonchev–Trinajstić information content (AvgIpc) is 2.86. The molecule has 2 aromatic rings. The van der Waals surface area contributed by atoms with Crippen LogP contribution in [-0.2, 0) is 12.8 Å². The second-order valence-electron chi connectivity index (χ2n) is 4.15. The van der Waals surface area contributed by atoms with Crippen LogP contribution in [0.5, 0.6) is 0 Å². The van der Waals surface area contributed by atoms with Crippen LogP contribution in [-0.4, -0.2) is 21.9 Å². The van der Waals surface area contributed by atoms with E-state index in [1.165, 1.54) is 5.56 Å². The molecule has 0 aliphatic rings. The number of aliphatic hydroxyl groups is 1. The lowest BCUT2D eigenvalue weighted by atomic mass is 10.1. The van der Waals surface area contributed by atoms with Crippen molar-refractivity contribution in [1.29, 1.82) is 0 Å². The van der Waals surface area contributed by atoms with Crippen LogP contribution < -0.4 is 5.73 Å². The van der Waals surface area contributed by atoms with E-state index in [0.29, 0.717) is 18.1 Å². The standard InChI is InChI=1S/C13H17N3O2/c14-11(7-6-10-4-2-1-3-5-10)13-15-12(8-9-17)16-18-13/h1-5,11,17H,6-9,14H2/t11-/m0/s1. The number of nitrogens with zero attached hydrogens (tertiary/aromatic N) is 2. The van der Waals surface area contributed by atoms with Crippen LogP contribution in [0.25, 0.3) is 0 Å². The molecular formula is C13H17N3O2. The first-order valence-corrected chi connectivity index (χ1v) is 6.02. The van der Waals surface area contributed by atoms with Gasteiger partial charge in [-0.2, -0.15) is 4.98 Å². The predicted molar refractivity (Wildman–Crippen MR) is 66.8 cm³/mol. The molecule has 1 heterocycles. The third-order valence-electron chi connectivity index (χ3n) is 2.72. The van der Waals surface area contributed by atoms with Crippen LogP contribution in [0.2, 0.25) is 0 Å². The highest BCUT2D eigenvalue weighted by molar-refractivity contribution is 5.15. The van der Waals surface area contributed by atoms with E-state index in [-0.39, 0.29) is 12.6 Å². The summed E-state index contributed by atoms with van der Waals surface area (Å²) >= 11 is 0. The first-order valence-electron chi connectivity index (χ1n) is 6.02. The SMILES string of the molecule is N[C@@H](CCc1ccccc1)c1nc(CCO)no1. The molecule has 96 valence electrons. The van der Waals surface area contributed by atoms with Crippen LogP contribution in [0.1, 0.15) is 29.7 Å². The molecule has 0 unspecified atom stereocenters. The molecule has 0 amide bonds.